The molecule has 0 fully saturated rings. The maximum absolute atomic E-state index is 12.8. The number of aryl methyl sites for hydroxylation is 2. The maximum Gasteiger partial charge on any atom is 0.333 e. The molecule has 1 N–H and O–H groups in total. The molecule has 1 heterocycles. The molecule has 0 aromatic carbocycles. The second-order valence-electron chi connectivity index (χ2n) is 4.19. The highest BCUT2D eigenvalue weighted by molar-refractivity contribution is 5.60. The summed E-state index contributed by atoms with van der Waals surface area (Å²) >= 11 is 0. The summed E-state index contributed by atoms with van der Waals surface area (Å²) in [5, 5.41) is 16.8. The number of nitrogens with one attached hydrogen (secondary N) is 1. The van der Waals surface area contributed by atoms with Gasteiger partial charge in [0.2, 0.25) is 5.82 Å². The summed E-state index contributed by atoms with van der Waals surface area (Å²) in [5.74, 6) is -4.58. The molecular weight excluding hydrogens is 284 g/mol. The Morgan fingerprint density at radius 1 is 1.50 bits per heavy atom. The summed E-state index contributed by atoms with van der Waals surface area (Å²) in [6, 6.07) is 0. The Bertz CT molecular complexity index is 490. The van der Waals surface area contributed by atoms with Crippen LogP contribution in [-0.4, -0.2) is 33.6 Å². The number of nitrogens with zero attached hydrogens (tertiary/aromatic N) is 3. The predicted molar refractivity (Wildman–Crippen MR) is 63.3 cm³/mol. The molecule has 20 heavy (non-hydrogen) atoms. The number of aromatic nitrogens is 2. The van der Waals surface area contributed by atoms with E-state index in [0.29, 0.717) is 6.42 Å². The molecular formula is C10H14F4N4O2. The molecule has 1 aromatic rings. The molecule has 0 aliphatic heterocycles. The van der Waals surface area contributed by atoms with Crippen LogP contribution < -0.4 is 5.32 Å². The first-order valence-corrected chi connectivity index (χ1v) is 5.80. The minimum atomic E-state index is -4.27. The molecule has 0 atom stereocenters. The van der Waals surface area contributed by atoms with E-state index in [2.05, 4.69) is 5.10 Å². The zero-order chi connectivity index (χ0) is 15.5. The van der Waals surface area contributed by atoms with E-state index in [1.165, 1.54) is 7.05 Å². The molecule has 0 aliphatic carbocycles. The van der Waals surface area contributed by atoms with Gasteiger partial charge in [-0.05, 0) is 6.42 Å². The van der Waals surface area contributed by atoms with Crippen LogP contribution in [0.4, 0.5) is 29.1 Å². The van der Waals surface area contributed by atoms with E-state index in [0.717, 1.165) is 4.68 Å². The molecule has 0 saturated heterocycles. The van der Waals surface area contributed by atoms with Gasteiger partial charge in [0.1, 0.15) is 5.69 Å². The molecule has 0 bridgehead atoms. The molecule has 0 radical (unpaired) electrons. The molecule has 1 rings (SSSR count). The van der Waals surface area contributed by atoms with Crippen LogP contribution in [0.15, 0.2) is 0 Å². The zero-order valence-electron chi connectivity index (χ0n) is 10.9. The predicted octanol–water partition coefficient (Wildman–Crippen LogP) is 2.59. The average Bonchev–Trinajstić information content (AvgIpc) is 2.63. The number of hydrogen-bond acceptors (Lipinski definition) is 4. The molecule has 1 aromatic heterocycles. The third kappa shape index (κ3) is 3.36. The highest BCUT2D eigenvalue weighted by Crippen LogP contribution is 2.31. The second kappa shape index (κ2) is 6.06. The smallest absolute Gasteiger partial charge is 0.333 e. The van der Waals surface area contributed by atoms with Crippen molar-refractivity contribution in [3.05, 3.63) is 15.8 Å². The Morgan fingerprint density at radius 2 is 2.10 bits per heavy atom. The first kappa shape index (κ1) is 16.2. The molecule has 0 aliphatic rings. The zero-order valence-corrected chi connectivity index (χ0v) is 10.9. The van der Waals surface area contributed by atoms with E-state index in [4.69, 9.17) is 0 Å². The lowest BCUT2D eigenvalue weighted by atomic mass is 10.2. The normalized spacial score (nSPS) is 11.9. The van der Waals surface area contributed by atoms with E-state index in [9.17, 15) is 27.7 Å². The Balaban J connectivity index is 3.03. The van der Waals surface area contributed by atoms with Gasteiger partial charge >= 0.3 is 18.0 Å². The molecule has 6 nitrogen and oxygen atoms in total. The van der Waals surface area contributed by atoms with Gasteiger partial charge in [0.15, 0.2) is 0 Å². The minimum Gasteiger partial charge on any atom is -0.358 e. The Labute approximate surface area is 111 Å². The van der Waals surface area contributed by atoms with Crippen molar-refractivity contribution in [2.75, 3.05) is 11.9 Å². The number of halogens is 4. The number of rotatable bonds is 7. The third-order valence-electron chi connectivity index (χ3n) is 2.57. The van der Waals surface area contributed by atoms with E-state index in [1.807, 2.05) is 5.32 Å². The summed E-state index contributed by atoms with van der Waals surface area (Å²) in [7, 11) is 1.31. The fourth-order valence-corrected chi connectivity index (χ4v) is 1.64. The van der Waals surface area contributed by atoms with Gasteiger partial charge in [-0.2, -0.15) is 13.9 Å². The van der Waals surface area contributed by atoms with Crippen molar-refractivity contribution in [2.24, 2.45) is 7.05 Å². The monoisotopic (exact) mass is 298 g/mol. The van der Waals surface area contributed by atoms with Crippen LogP contribution in [-0.2, 0) is 13.5 Å². The van der Waals surface area contributed by atoms with Gasteiger partial charge in [-0.3, -0.25) is 10.1 Å². The number of anilines is 1. The lowest BCUT2D eigenvalue weighted by molar-refractivity contribution is -0.384. The van der Waals surface area contributed by atoms with Crippen molar-refractivity contribution in [2.45, 2.75) is 32.1 Å². The standard InChI is InChI=1S/C10H14F4N4O2/c1-3-4-6-7(18(19)20)8(17(2)16-6)15-5-10(13,14)9(11)12/h9,15H,3-5H2,1-2H3. The lowest BCUT2D eigenvalue weighted by Crippen LogP contribution is -2.35. The molecule has 114 valence electrons. The van der Waals surface area contributed by atoms with Gasteiger partial charge in [0.05, 0.1) is 11.5 Å². The van der Waals surface area contributed by atoms with Crippen LogP contribution in [0.25, 0.3) is 0 Å². The fraction of sp³-hybridized carbons (Fsp3) is 0.700. The summed E-state index contributed by atoms with van der Waals surface area (Å²) in [6.07, 6.45) is -2.99. The second-order valence-corrected chi connectivity index (χ2v) is 4.19. The molecule has 10 heteroatoms. The SMILES string of the molecule is CCCc1nn(C)c(NCC(F)(F)C(F)F)c1[N+](=O)[O-]. The maximum atomic E-state index is 12.8. The van der Waals surface area contributed by atoms with Crippen LogP contribution in [0.5, 0.6) is 0 Å². The average molecular weight is 298 g/mol. The van der Waals surface area contributed by atoms with Crippen molar-refractivity contribution < 1.29 is 22.5 Å². The number of alkyl halides is 4. The first-order valence-electron chi connectivity index (χ1n) is 5.80. The highest BCUT2D eigenvalue weighted by atomic mass is 19.3. The van der Waals surface area contributed by atoms with Gasteiger partial charge in [0.25, 0.3) is 0 Å². The van der Waals surface area contributed by atoms with E-state index >= 15 is 0 Å². The molecule has 0 amide bonds. The fourth-order valence-electron chi connectivity index (χ4n) is 1.64. The summed E-state index contributed by atoms with van der Waals surface area (Å²) in [6.45, 7) is 0.368. The first-order chi connectivity index (χ1) is 9.20. The van der Waals surface area contributed by atoms with Gasteiger partial charge < -0.3 is 5.32 Å². The number of nitro groups is 1. The topological polar surface area (TPSA) is 73.0 Å². The van der Waals surface area contributed by atoms with Crippen LogP contribution in [0.3, 0.4) is 0 Å². The summed E-state index contributed by atoms with van der Waals surface area (Å²) < 4.78 is 50.8. The lowest BCUT2D eigenvalue weighted by Gasteiger charge is -2.16. The summed E-state index contributed by atoms with van der Waals surface area (Å²) in [4.78, 5) is 10.2. The van der Waals surface area contributed by atoms with E-state index in [-0.39, 0.29) is 17.9 Å². The molecule has 0 unspecified atom stereocenters. The minimum absolute atomic E-state index is 0.128. The van der Waals surface area contributed by atoms with Crippen molar-refractivity contribution >= 4 is 11.5 Å². The largest absolute Gasteiger partial charge is 0.358 e. The van der Waals surface area contributed by atoms with E-state index in [1.54, 1.807) is 6.92 Å². The molecule has 0 saturated carbocycles. The van der Waals surface area contributed by atoms with Crippen LogP contribution in [0, 0.1) is 10.1 Å². The Hall–Kier alpha value is -1.87. The van der Waals surface area contributed by atoms with Crippen molar-refractivity contribution in [1.29, 1.82) is 0 Å². The highest BCUT2D eigenvalue weighted by Gasteiger charge is 2.41. The van der Waals surface area contributed by atoms with Crippen molar-refractivity contribution in [1.82, 2.24) is 9.78 Å². The Kier molecular flexibility index (Phi) is 4.90. The van der Waals surface area contributed by atoms with Crippen LogP contribution in [0.1, 0.15) is 19.0 Å². The third-order valence-corrected chi connectivity index (χ3v) is 2.57. The quantitative estimate of drug-likeness (QED) is 0.477. The van der Waals surface area contributed by atoms with Crippen molar-refractivity contribution in [3.63, 3.8) is 0 Å². The van der Waals surface area contributed by atoms with Crippen LogP contribution in [0.2, 0.25) is 0 Å². The Morgan fingerprint density at radius 3 is 2.55 bits per heavy atom. The number of hydrogen-bond donors (Lipinski definition) is 1. The summed E-state index contributed by atoms with van der Waals surface area (Å²) in [5.41, 5.74) is -0.331. The van der Waals surface area contributed by atoms with Gasteiger partial charge in [-0.15, -0.1) is 0 Å². The van der Waals surface area contributed by atoms with Gasteiger partial charge in [0, 0.05) is 7.05 Å². The van der Waals surface area contributed by atoms with Gasteiger partial charge in [-0.25, -0.2) is 13.5 Å². The molecule has 0 spiro atoms. The van der Waals surface area contributed by atoms with E-state index < -0.39 is 29.5 Å². The van der Waals surface area contributed by atoms with Crippen LogP contribution >= 0.6 is 0 Å². The van der Waals surface area contributed by atoms with Crippen molar-refractivity contribution in [3.8, 4) is 0 Å². The van der Waals surface area contributed by atoms with Gasteiger partial charge in [-0.1, -0.05) is 13.3 Å².